The largest absolute Gasteiger partial charge is 0.497 e. The molecule has 0 bridgehead atoms. The molecule has 1 aromatic heterocycles. The Morgan fingerprint density at radius 2 is 1.92 bits per heavy atom. The van der Waals surface area contributed by atoms with Gasteiger partial charge in [-0.25, -0.2) is 4.98 Å². The summed E-state index contributed by atoms with van der Waals surface area (Å²) >= 11 is 7.34. The lowest BCUT2D eigenvalue weighted by Crippen LogP contribution is -2.20. The maximum absolute atomic E-state index is 12.1. The fourth-order valence-corrected chi connectivity index (χ4v) is 3.30. The van der Waals surface area contributed by atoms with Crippen LogP contribution in [0, 0.1) is 6.92 Å². The summed E-state index contributed by atoms with van der Waals surface area (Å²) in [6.07, 6.45) is 0. The zero-order valence-corrected chi connectivity index (χ0v) is 15.9. The molecular formula is C19H17ClN2O3S. The molecule has 3 rings (SSSR count). The van der Waals surface area contributed by atoms with Gasteiger partial charge in [0.05, 0.1) is 12.8 Å². The molecular weight excluding hydrogens is 372 g/mol. The maximum atomic E-state index is 12.1. The molecule has 1 N–H and O–H groups in total. The van der Waals surface area contributed by atoms with Crippen LogP contribution < -0.4 is 14.8 Å². The zero-order chi connectivity index (χ0) is 18.5. The average Bonchev–Trinajstić information content (AvgIpc) is 3.01. The number of amides is 1. The number of hydrogen-bond donors (Lipinski definition) is 1. The minimum atomic E-state index is -0.274. The molecule has 0 unspecified atom stereocenters. The van der Waals surface area contributed by atoms with Gasteiger partial charge in [-0.15, -0.1) is 11.3 Å². The predicted molar refractivity (Wildman–Crippen MR) is 104 cm³/mol. The Kier molecular flexibility index (Phi) is 5.75. The Morgan fingerprint density at radius 1 is 1.19 bits per heavy atom. The van der Waals surface area contributed by atoms with E-state index in [-0.39, 0.29) is 12.5 Å². The van der Waals surface area contributed by atoms with E-state index in [4.69, 9.17) is 21.1 Å². The number of nitrogens with one attached hydrogen (secondary N) is 1. The first-order valence-corrected chi connectivity index (χ1v) is 9.04. The highest BCUT2D eigenvalue weighted by Gasteiger charge is 2.12. The molecule has 0 spiro atoms. The summed E-state index contributed by atoms with van der Waals surface area (Å²) in [5.74, 6) is 0.965. The van der Waals surface area contributed by atoms with Crippen LogP contribution in [0.2, 0.25) is 5.02 Å². The average molecular weight is 389 g/mol. The Bertz CT molecular complexity index is 909. The molecule has 26 heavy (non-hydrogen) atoms. The van der Waals surface area contributed by atoms with Gasteiger partial charge in [0.25, 0.3) is 5.91 Å². The van der Waals surface area contributed by atoms with Crippen molar-refractivity contribution in [2.45, 2.75) is 6.92 Å². The van der Waals surface area contributed by atoms with Crippen LogP contribution in [0.25, 0.3) is 11.3 Å². The number of aryl methyl sites for hydroxylation is 1. The summed E-state index contributed by atoms with van der Waals surface area (Å²) in [4.78, 5) is 17.6. The Balaban J connectivity index is 1.62. The van der Waals surface area contributed by atoms with E-state index in [1.165, 1.54) is 11.3 Å². The van der Waals surface area contributed by atoms with E-state index < -0.39 is 0 Å². The molecule has 0 aliphatic heterocycles. The zero-order valence-electron chi connectivity index (χ0n) is 14.3. The minimum Gasteiger partial charge on any atom is -0.497 e. The van der Waals surface area contributed by atoms with Gasteiger partial charge in [0, 0.05) is 21.5 Å². The van der Waals surface area contributed by atoms with Crippen LogP contribution >= 0.6 is 22.9 Å². The van der Waals surface area contributed by atoms with Crippen molar-refractivity contribution in [3.05, 3.63) is 58.4 Å². The van der Waals surface area contributed by atoms with Crippen molar-refractivity contribution in [1.82, 2.24) is 4.98 Å². The second kappa shape index (κ2) is 8.21. The van der Waals surface area contributed by atoms with Crippen molar-refractivity contribution in [2.75, 3.05) is 19.0 Å². The molecule has 0 fully saturated rings. The SMILES string of the molecule is COc1cccc(OCC(=O)Nc2nc(-c3ccc(Cl)cc3)c(C)s2)c1. The molecule has 1 heterocycles. The fraction of sp³-hybridized carbons (Fsp3) is 0.158. The van der Waals surface area contributed by atoms with Gasteiger partial charge in [0.2, 0.25) is 0 Å². The lowest BCUT2D eigenvalue weighted by molar-refractivity contribution is -0.118. The lowest BCUT2D eigenvalue weighted by atomic mass is 10.1. The molecule has 0 saturated carbocycles. The van der Waals surface area contributed by atoms with Crippen LogP contribution in [0.1, 0.15) is 4.88 Å². The van der Waals surface area contributed by atoms with Gasteiger partial charge in [-0.2, -0.15) is 0 Å². The number of carbonyl (C=O) groups excluding carboxylic acids is 1. The molecule has 3 aromatic rings. The normalized spacial score (nSPS) is 10.4. The van der Waals surface area contributed by atoms with E-state index in [2.05, 4.69) is 10.3 Å². The smallest absolute Gasteiger partial charge is 0.264 e. The van der Waals surface area contributed by atoms with Crippen molar-refractivity contribution in [2.24, 2.45) is 0 Å². The first-order chi connectivity index (χ1) is 12.5. The van der Waals surface area contributed by atoms with Gasteiger partial charge in [-0.1, -0.05) is 29.8 Å². The molecule has 2 aromatic carbocycles. The molecule has 5 nitrogen and oxygen atoms in total. The first-order valence-electron chi connectivity index (χ1n) is 7.85. The molecule has 0 saturated heterocycles. The molecule has 0 aliphatic carbocycles. The van der Waals surface area contributed by atoms with Crippen molar-refractivity contribution in [3.63, 3.8) is 0 Å². The van der Waals surface area contributed by atoms with Crippen LogP contribution in [0.3, 0.4) is 0 Å². The van der Waals surface area contributed by atoms with Gasteiger partial charge in [0.15, 0.2) is 11.7 Å². The number of rotatable bonds is 6. The van der Waals surface area contributed by atoms with Gasteiger partial charge in [0.1, 0.15) is 11.5 Å². The van der Waals surface area contributed by atoms with E-state index in [1.807, 2.05) is 37.3 Å². The number of carbonyl (C=O) groups is 1. The molecule has 0 atom stereocenters. The highest BCUT2D eigenvalue weighted by molar-refractivity contribution is 7.16. The molecule has 7 heteroatoms. The second-order valence-electron chi connectivity index (χ2n) is 5.45. The number of benzene rings is 2. The minimum absolute atomic E-state index is 0.109. The van der Waals surface area contributed by atoms with Gasteiger partial charge in [-0.3, -0.25) is 10.1 Å². The van der Waals surface area contributed by atoms with Crippen LogP contribution in [0.5, 0.6) is 11.5 Å². The molecule has 0 aliphatic rings. The summed E-state index contributed by atoms with van der Waals surface area (Å²) in [6, 6.07) is 14.5. The van der Waals surface area contributed by atoms with Gasteiger partial charge in [-0.05, 0) is 31.2 Å². The number of aromatic nitrogens is 1. The third kappa shape index (κ3) is 4.53. The summed E-state index contributed by atoms with van der Waals surface area (Å²) in [5, 5.41) is 3.97. The number of methoxy groups -OCH3 is 1. The summed E-state index contributed by atoms with van der Waals surface area (Å²) < 4.78 is 10.6. The highest BCUT2D eigenvalue weighted by Crippen LogP contribution is 2.31. The standard InChI is InChI=1S/C19H17ClN2O3S/c1-12-18(13-6-8-14(20)9-7-13)22-19(26-12)21-17(23)11-25-16-5-3-4-15(10-16)24-2/h3-10H,11H2,1-2H3,(H,21,22,23). The summed E-state index contributed by atoms with van der Waals surface area (Å²) in [6.45, 7) is 1.85. The monoisotopic (exact) mass is 388 g/mol. The van der Waals surface area contributed by atoms with Crippen LogP contribution in [0.15, 0.2) is 48.5 Å². The van der Waals surface area contributed by atoms with E-state index in [0.29, 0.717) is 21.7 Å². The van der Waals surface area contributed by atoms with Crippen molar-refractivity contribution in [3.8, 4) is 22.8 Å². The molecule has 0 radical (unpaired) electrons. The molecule has 134 valence electrons. The summed E-state index contributed by atoms with van der Waals surface area (Å²) in [5.41, 5.74) is 1.78. The second-order valence-corrected chi connectivity index (χ2v) is 7.09. The molecule has 1 amide bonds. The Labute approximate surface area is 160 Å². The van der Waals surface area contributed by atoms with Crippen LogP contribution in [-0.2, 0) is 4.79 Å². The number of ether oxygens (including phenoxy) is 2. The van der Waals surface area contributed by atoms with Gasteiger partial charge < -0.3 is 9.47 Å². The maximum Gasteiger partial charge on any atom is 0.264 e. The van der Waals surface area contributed by atoms with E-state index >= 15 is 0 Å². The first kappa shape index (κ1) is 18.2. The van der Waals surface area contributed by atoms with E-state index in [1.54, 1.807) is 25.3 Å². The topological polar surface area (TPSA) is 60.5 Å². The predicted octanol–water partition coefficient (Wildman–Crippen LogP) is 4.80. The highest BCUT2D eigenvalue weighted by atomic mass is 35.5. The van der Waals surface area contributed by atoms with E-state index in [9.17, 15) is 4.79 Å². The Hall–Kier alpha value is -2.57. The van der Waals surface area contributed by atoms with Crippen molar-refractivity contribution in [1.29, 1.82) is 0 Å². The van der Waals surface area contributed by atoms with Crippen molar-refractivity contribution < 1.29 is 14.3 Å². The number of nitrogens with zero attached hydrogens (tertiary/aromatic N) is 1. The third-order valence-corrected chi connectivity index (χ3v) is 4.71. The third-order valence-electron chi connectivity index (χ3n) is 3.57. The van der Waals surface area contributed by atoms with Crippen LogP contribution in [-0.4, -0.2) is 24.6 Å². The van der Waals surface area contributed by atoms with Crippen molar-refractivity contribution >= 4 is 34.0 Å². The number of halogens is 1. The number of anilines is 1. The van der Waals surface area contributed by atoms with Gasteiger partial charge >= 0.3 is 0 Å². The Morgan fingerprint density at radius 3 is 2.65 bits per heavy atom. The summed E-state index contributed by atoms with van der Waals surface area (Å²) in [7, 11) is 1.58. The lowest BCUT2D eigenvalue weighted by Gasteiger charge is -2.07. The quantitative estimate of drug-likeness (QED) is 0.659. The number of thiazole rings is 1. The number of hydrogen-bond acceptors (Lipinski definition) is 5. The van der Waals surface area contributed by atoms with E-state index in [0.717, 1.165) is 16.1 Å². The fourth-order valence-electron chi connectivity index (χ4n) is 2.32. The van der Waals surface area contributed by atoms with Crippen LogP contribution in [0.4, 0.5) is 5.13 Å².